The minimum atomic E-state index is -0.166. The third kappa shape index (κ3) is 3.01. The number of nitrogens with one attached hydrogen (secondary N) is 1. The van der Waals surface area contributed by atoms with Crippen LogP contribution in [0.25, 0.3) is 0 Å². The molecule has 2 rings (SSSR count). The molecule has 1 aromatic heterocycles. The summed E-state index contributed by atoms with van der Waals surface area (Å²) in [7, 11) is 0. The fourth-order valence-electron chi connectivity index (χ4n) is 1.58. The molecule has 5 heteroatoms. The van der Waals surface area contributed by atoms with Gasteiger partial charge >= 0.3 is 0 Å². The fraction of sp³-hybridized carbons (Fsp3) is 0.143. The molecule has 98 valence electrons. The Labute approximate surface area is 111 Å². The summed E-state index contributed by atoms with van der Waals surface area (Å²) in [5.41, 5.74) is 7.87. The molecule has 1 heterocycles. The van der Waals surface area contributed by atoms with Crippen molar-refractivity contribution in [3.63, 3.8) is 0 Å². The molecular formula is C14H15N3O2. The predicted molar refractivity (Wildman–Crippen MR) is 74.2 cm³/mol. The number of para-hydroxylation sites is 2. The number of carbonyl (C=O) groups excluding carboxylic acids is 1. The second-order valence-corrected chi connectivity index (χ2v) is 4.13. The fourth-order valence-corrected chi connectivity index (χ4v) is 1.58. The van der Waals surface area contributed by atoms with Crippen molar-refractivity contribution in [3.8, 4) is 11.6 Å². The number of anilines is 2. The van der Waals surface area contributed by atoms with E-state index in [1.54, 1.807) is 18.3 Å². The summed E-state index contributed by atoms with van der Waals surface area (Å²) < 4.78 is 5.67. The second-order valence-electron chi connectivity index (χ2n) is 4.13. The average molecular weight is 257 g/mol. The van der Waals surface area contributed by atoms with Gasteiger partial charge in [-0.15, -0.1) is 0 Å². The molecule has 0 bridgehead atoms. The number of hydrogen-bond donors (Lipinski definition) is 2. The van der Waals surface area contributed by atoms with Gasteiger partial charge in [-0.2, -0.15) is 0 Å². The first-order valence-electron chi connectivity index (χ1n) is 5.83. The molecule has 0 saturated heterocycles. The van der Waals surface area contributed by atoms with Gasteiger partial charge in [0.05, 0.1) is 11.4 Å². The van der Waals surface area contributed by atoms with E-state index >= 15 is 0 Å². The van der Waals surface area contributed by atoms with E-state index in [9.17, 15) is 4.79 Å². The Kier molecular flexibility index (Phi) is 3.66. The number of carbonyl (C=O) groups is 1. The summed E-state index contributed by atoms with van der Waals surface area (Å²) in [6.45, 7) is 3.32. The van der Waals surface area contributed by atoms with E-state index in [0.29, 0.717) is 23.0 Å². The van der Waals surface area contributed by atoms with Gasteiger partial charge in [-0.1, -0.05) is 12.1 Å². The van der Waals surface area contributed by atoms with Crippen molar-refractivity contribution < 1.29 is 9.53 Å². The van der Waals surface area contributed by atoms with Gasteiger partial charge in [-0.3, -0.25) is 4.79 Å². The van der Waals surface area contributed by atoms with Crippen LogP contribution in [0.2, 0.25) is 0 Å². The van der Waals surface area contributed by atoms with Gasteiger partial charge in [0, 0.05) is 13.1 Å². The Bertz CT molecular complexity index is 611. The third-order valence-electron chi connectivity index (χ3n) is 2.58. The number of aromatic nitrogens is 1. The SMILES string of the molecule is CC(=O)Nc1ccccc1Oc1nccc(C)c1N. The van der Waals surface area contributed by atoms with Crippen molar-refractivity contribution in [1.82, 2.24) is 4.98 Å². The number of pyridine rings is 1. The first-order chi connectivity index (χ1) is 9.08. The highest BCUT2D eigenvalue weighted by atomic mass is 16.5. The summed E-state index contributed by atoms with van der Waals surface area (Å²) in [6.07, 6.45) is 1.63. The molecule has 2 aromatic rings. The molecule has 1 aromatic carbocycles. The molecule has 0 fully saturated rings. The molecule has 0 atom stereocenters. The highest BCUT2D eigenvalue weighted by Crippen LogP contribution is 2.32. The predicted octanol–water partition coefficient (Wildman–Crippen LogP) is 2.72. The van der Waals surface area contributed by atoms with E-state index in [0.717, 1.165) is 5.56 Å². The summed E-state index contributed by atoms with van der Waals surface area (Å²) in [5.74, 6) is 0.668. The van der Waals surface area contributed by atoms with E-state index in [2.05, 4.69) is 10.3 Å². The van der Waals surface area contributed by atoms with Crippen LogP contribution in [0.3, 0.4) is 0 Å². The van der Waals surface area contributed by atoms with Crippen LogP contribution in [-0.4, -0.2) is 10.9 Å². The maximum atomic E-state index is 11.1. The molecule has 0 aliphatic heterocycles. The van der Waals surface area contributed by atoms with Gasteiger partial charge in [-0.25, -0.2) is 4.98 Å². The number of nitrogens with zero attached hydrogens (tertiary/aromatic N) is 1. The molecule has 0 aliphatic rings. The van der Waals surface area contributed by atoms with Crippen molar-refractivity contribution in [2.75, 3.05) is 11.1 Å². The third-order valence-corrected chi connectivity index (χ3v) is 2.58. The summed E-state index contributed by atoms with van der Waals surface area (Å²) >= 11 is 0. The lowest BCUT2D eigenvalue weighted by molar-refractivity contribution is -0.114. The first-order valence-corrected chi connectivity index (χ1v) is 5.83. The zero-order chi connectivity index (χ0) is 13.8. The van der Waals surface area contributed by atoms with E-state index in [1.807, 2.05) is 25.1 Å². The molecule has 0 radical (unpaired) electrons. The number of rotatable bonds is 3. The van der Waals surface area contributed by atoms with Crippen molar-refractivity contribution in [3.05, 3.63) is 42.1 Å². The van der Waals surface area contributed by atoms with Crippen molar-refractivity contribution in [2.45, 2.75) is 13.8 Å². The number of aryl methyl sites for hydroxylation is 1. The van der Waals surface area contributed by atoms with Crippen LogP contribution >= 0.6 is 0 Å². The van der Waals surface area contributed by atoms with Crippen molar-refractivity contribution >= 4 is 17.3 Å². The van der Waals surface area contributed by atoms with Gasteiger partial charge in [0.15, 0.2) is 5.75 Å². The quantitative estimate of drug-likeness (QED) is 0.886. The second kappa shape index (κ2) is 5.39. The molecule has 0 aliphatic carbocycles. The summed E-state index contributed by atoms with van der Waals surface area (Å²) in [4.78, 5) is 15.2. The number of nitrogens with two attached hydrogens (primary N) is 1. The highest BCUT2D eigenvalue weighted by molar-refractivity contribution is 5.90. The molecule has 0 spiro atoms. The number of amides is 1. The minimum absolute atomic E-state index is 0.166. The standard InChI is InChI=1S/C14H15N3O2/c1-9-7-8-16-14(13(9)15)19-12-6-4-3-5-11(12)17-10(2)18/h3-8H,15H2,1-2H3,(H,17,18). The Balaban J connectivity index is 2.33. The maximum Gasteiger partial charge on any atom is 0.243 e. The molecule has 0 saturated carbocycles. The van der Waals surface area contributed by atoms with Crippen LogP contribution in [0, 0.1) is 6.92 Å². The van der Waals surface area contributed by atoms with Crippen LogP contribution in [-0.2, 0) is 4.79 Å². The molecule has 19 heavy (non-hydrogen) atoms. The maximum absolute atomic E-state index is 11.1. The van der Waals surface area contributed by atoms with Crippen LogP contribution in [0.5, 0.6) is 11.6 Å². The smallest absolute Gasteiger partial charge is 0.243 e. The van der Waals surface area contributed by atoms with Gasteiger partial charge in [0.25, 0.3) is 0 Å². The topological polar surface area (TPSA) is 77.2 Å². The Morgan fingerprint density at radius 3 is 2.79 bits per heavy atom. The highest BCUT2D eigenvalue weighted by Gasteiger charge is 2.09. The minimum Gasteiger partial charge on any atom is -0.435 e. The van der Waals surface area contributed by atoms with Gasteiger partial charge in [-0.05, 0) is 30.7 Å². The number of nitrogen functional groups attached to an aromatic ring is 1. The van der Waals surface area contributed by atoms with Crippen LogP contribution in [0.1, 0.15) is 12.5 Å². The Morgan fingerprint density at radius 2 is 2.05 bits per heavy atom. The number of hydrogen-bond acceptors (Lipinski definition) is 4. The van der Waals surface area contributed by atoms with Crippen molar-refractivity contribution in [1.29, 1.82) is 0 Å². The first kappa shape index (κ1) is 12.9. The molecule has 1 amide bonds. The average Bonchev–Trinajstić information content (AvgIpc) is 2.36. The molecule has 3 N–H and O–H groups in total. The number of ether oxygens (including phenoxy) is 1. The lowest BCUT2D eigenvalue weighted by Gasteiger charge is -2.12. The number of benzene rings is 1. The van der Waals surface area contributed by atoms with E-state index in [4.69, 9.17) is 10.5 Å². The zero-order valence-corrected chi connectivity index (χ0v) is 10.8. The van der Waals surface area contributed by atoms with E-state index in [-0.39, 0.29) is 5.91 Å². The Morgan fingerprint density at radius 1 is 1.32 bits per heavy atom. The lowest BCUT2D eigenvalue weighted by Crippen LogP contribution is -2.07. The van der Waals surface area contributed by atoms with Crippen molar-refractivity contribution in [2.24, 2.45) is 0 Å². The summed E-state index contributed by atoms with van der Waals surface area (Å²) in [6, 6.07) is 8.93. The molecular weight excluding hydrogens is 242 g/mol. The monoisotopic (exact) mass is 257 g/mol. The lowest BCUT2D eigenvalue weighted by atomic mass is 10.2. The normalized spacial score (nSPS) is 10.0. The Hall–Kier alpha value is -2.56. The molecule has 0 unspecified atom stereocenters. The van der Waals surface area contributed by atoms with Crippen LogP contribution in [0.4, 0.5) is 11.4 Å². The van der Waals surface area contributed by atoms with Gasteiger partial charge in [0.1, 0.15) is 0 Å². The zero-order valence-electron chi connectivity index (χ0n) is 10.8. The van der Waals surface area contributed by atoms with Gasteiger partial charge < -0.3 is 15.8 Å². The molecule has 5 nitrogen and oxygen atoms in total. The summed E-state index contributed by atoms with van der Waals surface area (Å²) in [5, 5.41) is 2.70. The van der Waals surface area contributed by atoms with E-state index < -0.39 is 0 Å². The van der Waals surface area contributed by atoms with Gasteiger partial charge in [0.2, 0.25) is 11.8 Å². The van der Waals surface area contributed by atoms with Crippen LogP contribution < -0.4 is 15.8 Å². The van der Waals surface area contributed by atoms with E-state index in [1.165, 1.54) is 6.92 Å². The van der Waals surface area contributed by atoms with Crippen LogP contribution in [0.15, 0.2) is 36.5 Å². The largest absolute Gasteiger partial charge is 0.435 e.